The van der Waals surface area contributed by atoms with Crippen LogP contribution in [0.1, 0.15) is 24.9 Å². The third-order valence-electron chi connectivity index (χ3n) is 3.25. The number of amides is 1. The number of rotatable bonds is 3. The van der Waals surface area contributed by atoms with Crippen molar-refractivity contribution in [3.8, 4) is 0 Å². The van der Waals surface area contributed by atoms with Gasteiger partial charge in [-0.1, -0.05) is 29.8 Å². The normalized spacial score (nSPS) is 21.9. The van der Waals surface area contributed by atoms with Gasteiger partial charge in [-0.3, -0.25) is 10.1 Å². The lowest BCUT2D eigenvalue weighted by atomic mass is 10.1. The van der Waals surface area contributed by atoms with Gasteiger partial charge in [0, 0.05) is 24.7 Å². The first-order valence-electron chi connectivity index (χ1n) is 5.85. The zero-order chi connectivity index (χ0) is 12.4. The van der Waals surface area contributed by atoms with Gasteiger partial charge in [0.1, 0.15) is 0 Å². The zero-order valence-electron chi connectivity index (χ0n) is 10.1. The molecular formula is C13H17ClN2O. The Morgan fingerprint density at radius 1 is 1.47 bits per heavy atom. The van der Waals surface area contributed by atoms with Gasteiger partial charge in [0.2, 0.25) is 5.91 Å². The van der Waals surface area contributed by atoms with Crippen molar-refractivity contribution in [2.24, 2.45) is 0 Å². The van der Waals surface area contributed by atoms with Crippen molar-refractivity contribution in [1.29, 1.82) is 0 Å². The average molecular weight is 253 g/mol. The summed E-state index contributed by atoms with van der Waals surface area (Å²) >= 11 is 6.13. The lowest BCUT2D eigenvalue weighted by Crippen LogP contribution is -2.38. The van der Waals surface area contributed by atoms with Gasteiger partial charge in [-0.05, 0) is 25.0 Å². The fraction of sp³-hybridized carbons (Fsp3) is 0.462. The maximum atomic E-state index is 11.8. The first-order chi connectivity index (χ1) is 8.09. The molecule has 1 amide bonds. The average Bonchev–Trinajstić information content (AvgIpc) is 2.61. The van der Waals surface area contributed by atoms with Crippen molar-refractivity contribution in [3.63, 3.8) is 0 Å². The molecule has 1 heterocycles. The van der Waals surface area contributed by atoms with E-state index in [0.29, 0.717) is 0 Å². The molecule has 2 rings (SSSR count). The van der Waals surface area contributed by atoms with Crippen molar-refractivity contribution in [1.82, 2.24) is 10.2 Å². The molecule has 1 aliphatic heterocycles. The molecule has 1 saturated heterocycles. The molecule has 0 radical (unpaired) electrons. The van der Waals surface area contributed by atoms with Gasteiger partial charge in [0.05, 0.1) is 6.04 Å². The molecule has 3 nitrogen and oxygen atoms in total. The molecule has 1 aliphatic rings. The highest BCUT2D eigenvalue weighted by molar-refractivity contribution is 6.31. The highest BCUT2D eigenvalue weighted by Crippen LogP contribution is 2.23. The topological polar surface area (TPSA) is 32.3 Å². The molecule has 1 N–H and O–H groups in total. The Bertz CT molecular complexity index is 422. The van der Waals surface area contributed by atoms with E-state index in [2.05, 4.69) is 5.32 Å². The summed E-state index contributed by atoms with van der Waals surface area (Å²) in [6, 6.07) is 7.74. The SMILES string of the molecule is C[C@H](NC1CCN(C)C1=O)c1ccccc1Cl. The Labute approximate surface area is 107 Å². The highest BCUT2D eigenvalue weighted by Gasteiger charge is 2.30. The van der Waals surface area contributed by atoms with E-state index in [9.17, 15) is 4.79 Å². The van der Waals surface area contributed by atoms with E-state index >= 15 is 0 Å². The second kappa shape index (κ2) is 5.07. The Morgan fingerprint density at radius 3 is 2.76 bits per heavy atom. The first-order valence-corrected chi connectivity index (χ1v) is 6.23. The van der Waals surface area contributed by atoms with Crippen molar-refractivity contribution >= 4 is 17.5 Å². The minimum atomic E-state index is -0.0775. The summed E-state index contributed by atoms with van der Waals surface area (Å²) in [5.74, 6) is 0.170. The number of hydrogen-bond acceptors (Lipinski definition) is 2. The van der Waals surface area contributed by atoms with Gasteiger partial charge >= 0.3 is 0 Å². The lowest BCUT2D eigenvalue weighted by molar-refractivity contribution is -0.128. The van der Waals surface area contributed by atoms with Gasteiger partial charge in [-0.25, -0.2) is 0 Å². The minimum Gasteiger partial charge on any atom is -0.344 e. The van der Waals surface area contributed by atoms with Crippen LogP contribution in [0.3, 0.4) is 0 Å². The summed E-state index contributed by atoms with van der Waals surface area (Å²) in [5.41, 5.74) is 1.04. The van der Waals surface area contributed by atoms with E-state index < -0.39 is 0 Å². The summed E-state index contributed by atoms with van der Waals surface area (Å²) in [7, 11) is 1.84. The number of halogens is 1. The fourth-order valence-corrected chi connectivity index (χ4v) is 2.49. The van der Waals surface area contributed by atoms with Crippen molar-refractivity contribution in [3.05, 3.63) is 34.9 Å². The van der Waals surface area contributed by atoms with Crippen molar-refractivity contribution in [2.75, 3.05) is 13.6 Å². The van der Waals surface area contributed by atoms with Crippen LogP contribution in [0.2, 0.25) is 5.02 Å². The van der Waals surface area contributed by atoms with Crippen LogP contribution in [-0.4, -0.2) is 30.4 Å². The molecule has 1 aromatic rings. The third kappa shape index (κ3) is 2.61. The van der Waals surface area contributed by atoms with Gasteiger partial charge in [0.25, 0.3) is 0 Å². The number of nitrogens with one attached hydrogen (secondary N) is 1. The number of nitrogens with zero attached hydrogens (tertiary/aromatic N) is 1. The van der Waals surface area contributed by atoms with E-state index in [1.54, 1.807) is 4.90 Å². The Morgan fingerprint density at radius 2 is 2.18 bits per heavy atom. The van der Waals surface area contributed by atoms with Crippen LogP contribution in [0, 0.1) is 0 Å². The van der Waals surface area contributed by atoms with Crippen LogP contribution >= 0.6 is 11.6 Å². The van der Waals surface area contributed by atoms with Gasteiger partial charge < -0.3 is 4.90 Å². The largest absolute Gasteiger partial charge is 0.344 e. The van der Waals surface area contributed by atoms with Gasteiger partial charge in [0.15, 0.2) is 0 Å². The number of carbonyl (C=O) groups is 1. The molecule has 2 atom stereocenters. The monoisotopic (exact) mass is 252 g/mol. The highest BCUT2D eigenvalue weighted by atomic mass is 35.5. The standard InChI is InChI=1S/C13H17ClN2O/c1-9(10-5-3-4-6-11(10)14)15-12-7-8-16(2)13(12)17/h3-6,9,12,15H,7-8H2,1-2H3/t9-,12?/m0/s1. The summed E-state index contributed by atoms with van der Waals surface area (Å²) in [6.45, 7) is 2.86. The molecule has 1 aromatic carbocycles. The van der Waals surface area contributed by atoms with E-state index in [4.69, 9.17) is 11.6 Å². The summed E-state index contributed by atoms with van der Waals surface area (Å²) in [5, 5.41) is 4.08. The maximum absolute atomic E-state index is 11.8. The molecule has 92 valence electrons. The zero-order valence-corrected chi connectivity index (χ0v) is 10.9. The van der Waals surface area contributed by atoms with Crippen LogP contribution in [0.15, 0.2) is 24.3 Å². The molecule has 0 spiro atoms. The second-order valence-corrected chi connectivity index (χ2v) is 4.92. The predicted molar refractivity (Wildman–Crippen MR) is 69.0 cm³/mol. The van der Waals surface area contributed by atoms with E-state index in [1.165, 1.54) is 0 Å². The van der Waals surface area contributed by atoms with Gasteiger partial charge in [-0.2, -0.15) is 0 Å². The second-order valence-electron chi connectivity index (χ2n) is 4.51. The molecule has 0 aliphatic carbocycles. The number of carbonyl (C=O) groups excluding carboxylic acids is 1. The predicted octanol–water partition coefficient (Wildman–Crippen LogP) is 2.22. The number of hydrogen-bond donors (Lipinski definition) is 1. The Kier molecular flexibility index (Phi) is 3.69. The van der Waals surface area contributed by atoms with Crippen molar-refractivity contribution in [2.45, 2.75) is 25.4 Å². The van der Waals surface area contributed by atoms with E-state index in [-0.39, 0.29) is 18.0 Å². The summed E-state index contributed by atoms with van der Waals surface area (Å²) in [6.07, 6.45) is 0.865. The minimum absolute atomic E-state index is 0.0775. The molecule has 1 fully saturated rings. The molecule has 17 heavy (non-hydrogen) atoms. The number of likely N-dealkylation sites (N-methyl/N-ethyl adjacent to an activating group) is 1. The Hall–Kier alpha value is -1.06. The molecular weight excluding hydrogens is 236 g/mol. The molecule has 0 bridgehead atoms. The van der Waals surface area contributed by atoms with E-state index in [0.717, 1.165) is 23.6 Å². The van der Waals surface area contributed by atoms with Crippen LogP contribution in [0.25, 0.3) is 0 Å². The van der Waals surface area contributed by atoms with Crippen LogP contribution in [-0.2, 0) is 4.79 Å². The van der Waals surface area contributed by atoms with Crippen LogP contribution in [0.4, 0.5) is 0 Å². The fourth-order valence-electron chi connectivity index (χ4n) is 2.19. The molecule has 0 saturated carbocycles. The summed E-state index contributed by atoms with van der Waals surface area (Å²) in [4.78, 5) is 13.5. The summed E-state index contributed by atoms with van der Waals surface area (Å²) < 4.78 is 0. The quantitative estimate of drug-likeness (QED) is 0.895. The third-order valence-corrected chi connectivity index (χ3v) is 3.59. The van der Waals surface area contributed by atoms with Crippen LogP contribution in [0.5, 0.6) is 0 Å². The smallest absolute Gasteiger partial charge is 0.239 e. The van der Waals surface area contributed by atoms with Crippen molar-refractivity contribution < 1.29 is 4.79 Å². The first kappa shape index (κ1) is 12.4. The molecule has 1 unspecified atom stereocenters. The maximum Gasteiger partial charge on any atom is 0.239 e. The lowest BCUT2D eigenvalue weighted by Gasteiger charge is -2.19. The number of likely N-dealkylation sites (tertiary alicyclic amines) is 1. The molecule has 0 aromatic heterocycles. The van der Waals surface area contributed by atoms with Crippen LogP contribution < -0.4 is 5.32 Å². The Balaban J connectivity index is 2.05. The molecule has 4 heteroatoms. The van der Waals surface area contributed by atoms with Gasteiger partial charge in [-0.15, -0.1) is 0 Å². The van der Waals surface area contributed by atoms with E-state index in [1.807, 2.05) is 38.2 Å². The number of benzene rings is 1.